The summed E-state index contributed by atoms with van der Waals surface area (Å²) in [5.41, 5.74) is 5.22. The summed E-state index contributed by atoms with van der Waals surface area (Å²) in [5.74, 6) is 0. The maximum absolute atomic E-state index is 6.13. The lowest BCUT2D eigenvalue weighted by Crippen LogP contribution is -1.93. The minimum absolute atomic E-state index is 0.684. The molecule has 6 aromatic rings. The second-order valence-corrected chi connectivity index (χ2v) is 7.23. The molecule has 0 spiro atoms. The molecule has 2 heterocycles. The van der Waals surface area contributed by atoms with E-state index in [1.807, 2.05) is 24.3 Å². The van der Waals surface area contributed by atoms with Crippen molar-refractivity contribution < 1.29 is 4.42 Å². The smallest absolute Gasteiger partial charge is 0.136 e. The quantitative estimate of drug-likeness (QED) is 0.297. The Balaban J connectivity index is 1.73. The summed E-state index contributed by atoms with van der Waals surface area (Å²) in [5, 5.41) is 5.39. The molecule has 0 aliphatic rings. The van der Waals surface area contributed by atoms with Gasteiger partial charge in [0.1, 0.15) is 11.2 Å². The van der Waals surface area contributed by atoms with Crippen LogP contribution in [0, 0.1) is 0 Å². The van der Waals surface area contributed by atoms with Crippen LogP contribution < -0.4 is 0 Å². The standard InChI is InChI=1S/C24H14ClNO/c25-15-9-11-19-20-14-16(10-12-23(20)27-24(19)13-15)26-21-7-3-1-5-17(21)18-6-2-4-8-22(18)26/h1-14H. The fourth-order valence-electron chi connectivity index (χ4n) is 4.08. The lowest BCUT2D eigenvalue weighted by atomic mass is 10.1. The lowest BCUT2D eigenvalue weighted by Gasteiger charge is -2.07. The summed E-state index contributed by atoms with van der Waals surface area (Å²) >= 11 is 6.13. The van der Waals surface area contributed by atoms with E-state index in [0.29, 0.717) is 5.02 Å². The van der Waals surface area contributed by atoms with Crippen molar-refractivity contribution in [3.63, 3.8) is 0 Å². The zero-order valence-electron chi connectivity index (χ0n) is 14.3. The fourth-order valence-corrected chi connectivity index (χ4v) is 4.24. The molecule has 3 heteroatoms. The molecule has 0 atom stereocenters. The zero-order valence-corrected chi connectivity index (χ0v) is 15.1. The highest BCUT2D eigenvalue weighted by molar-refractivity contribution is 6.31. The van der Waals surface area contributed by atoms with Gasteiger partial charge in [-0.15, -0.1) is 0 Å². The number of halogens is 1. The predicted octanol–water partition coefficient (Wildman–Crippen LogP) is 7.34. The Morgan fingerprint density at radius 3 is 2.04 bits per heavy atom. The summed E-state index contributed by atoms with van der Waals surface area (Å²) in [4.78, 5) is 0. The van der Waals surface area contributed by atoms with E-state index in [4.69, 9.17) is 16.0 Å². The Bertz CT molecular complexity index is 1440. The summed E-state index contributed by atoms with van der Waals surface area (Å²) in [7, 11) is 0. The van der Waals surface area contributed by atoms with Gasteiger partial charge in [-0.3, -0.25) is 0 Å². The van der Waals surface area contributed by atoms with Crippen LogP contribution in [0.4, 0.5) is 0 Å². The zero-order chi connectivity index (χ0) is 18.0. The SMILES string of the molecule is Clc1ccc2c(c1)oc1ccc(-n3c4ccccc4c4ccccc43)cc12. The Morgan fingerprint density at radius 2 is 1.30 bits per heavy atom. The van der Waals surface area contributed by atoms with Gasteiger partial charge >= 0.3 is 0 Å². The maximum Gasteiger partial charge on any atom is 0.136 e. The second kappa shape index (κ2) is 5.38. The van der Waals surface area contributed by atoms with Crippen LogP contribution in [0.1, 0.15) is 0 Å². The van der Waals surface area contributed by atoms with Gasteiger partial charge in [0.2, 0.25) is 0 Å². The van der Waals surface area contributed by atoms with Gasteiger partial charge < -0.3 is 8.98 Å². The molecule has 0 saturated carbocycles. The number of para-hydroxylation sites is 2. The molecule has 2 aromatic heterocycles. The molecule has 0 radical (unpaired) electrons. The number of fused-ring (bicyclic) bond motifs is 6. The molecule has 0 saturated heterocycles. The number of nitrogens with zero attached hydrogens (tertiary/aromatic N) is 1. The number of hydrogen-bond acceptors (Lipinski definition) is 1. The van der Waals surface area contributed by atoms with Crippen molar-refractivity contribution in [2.75, 3.05) is 0 Å². The van der Waals surface area contributed by atoms with Gasteiger partial charge in [0.25, 0.3) is 0 Å². The van der Waals surface area contributed by atoms with Crippen LogP contribution in [0.25, 0.3) is 49.4 Å². The molecule has 0 unspecified atom stereocenters. The topological polar surface area (TPSA) is 18.1 Å². The summed E-state index contributed by atoms with van der Waals surface area (Å²) in [6.07, 6.45) is 0. The number of aromatic nitrogens is 1. The van der Waals surface area contributed by atoms with Gasteiger partial charge in [-0.25, -0.2) is 0 Å². The summed E-state index contributed by atoms with van der Waals surface area (Å²) < 4.78 is 8.31. The van der Waals surface area contributed by atoms with Gasteiger partial charge in [0.05, 0.1) is 11.0 Å². The van der Waals surface area contributed by atoms with Crippen LogP contribution in [-0.4, -0.2) is 4.57 Å². The van der Waals surface area contributed by atoms with Crippen LogP contribution in [-0.2, 0) is 0 Å². The third-order valence-electron chi connectivity index (χ3n) is 5.26. The van der Waals surface area contributed by atoms with Crippen molar-refractivity contribution in [3.8, 4) is 5.69 Å². The number of benzene rings is 4. The maximum atomic E-state index is 6.13. The first-order valence-electron chi connectivity index (χ1n) is 8.90. The fraction of sp³-hybridized carbons (Fsp3) is 0. The van der Waals surface area contributed by atoms with E-state index < -0.39 is 0 Å². The van der Waals surface area contributed by atoms with Crippen molar-refractivity contribution in [2.45, 2.75) is 0 Å². The monoisotopic (exact) mass is 367 g/mol. The van der Waals surface area contributed by atoms with E-state index in [1.165, 1.54) is 21.8 Å². The molecule has 128 valence electrons. The van der Waals surface area contributed by atoms with Crippen molar-refractivity contribution in [3.05, 3.63) is 90.0 Å². The molecule has 4 aromatic carbocycles. The van der Waals surface area contributed by atoms with Crippen molar-refractivity contribution in [1.82, 2.24) is 4.57 Å². The molecule has 0 aliphatic heterocycles. The van der Waals surface area contributed by atoms with Crippen LogP contribution in [0.15, 0.2) is 89.3 Å². The van der Waals surface area contributed by atoms with Crippen LogP contribution in [0.5, 0.6) is 0 Å². The molecular weight excluding hydrogens is 354 g/mol. The van der Waals surface area contributed by atoms with Crippen LogP contribution in [0.3, 0.4) is 0 Å². The van der Waals surface area contributed by atoms with Crippen LogP contribution >= 0.6 is 11.6 Å². The molecule has 0 aliphatic carbocycles. The van der Waals surface area contributed by atoms with Gasteiger partial charge in [-0.05, 0) is 42.5 Å². The molecule has 2 nitrogen and oxygen atoms in total. The Labute approximate surface area is 160 Å². The van der Waals surface area contributed by atoms with E-state index in [0.717, 1.165) is 27.6 Å². The molecule has 0 N–H and O–H groups in total. The normalized spacial score (nSPS) is 11.9. The molecule has 0 amide bonds. The lowest BCUT2D eigenvalue weighted by molar-refractivity contribution is 0.669. The molecular formula is C24H14ClNO. The Kier molecular flexibility index (Phi) is 2.97. The molecule has 6 rings (SSSR count). The van der Waals surface area contributed by atoms with Gasteiger partial charge in [0, 0.05) is 38.3 Å². The van der Waals surface area contributed by atoms with Gasteiger partial charge in [0.15, 0.2) is 0 Å². The Morgan fingerprint density at radius 1 is 0.593 bits per heavy atom. The highest BCUT2D eigenvalue weighted by Crippen LogP contribution is 2.35. The minimum Gasteiger partial charge on any atom is -0.456 e. The highest BCUT2D eigenvalue weighted by Gasteiger charge is 2.13. The summed E-state index contributed by atoms with van der Waals surface area (Å²) in [6, 6.07) is 29.2. The number of hydrogen-bond donors (Lipinski definition) is 0. The first kappa shape index (κ1) is 14.9. The molecule has 0 fully saturated rings. The highest BCUT2D eigenvalue weighted by atomic mass is 35.5. The predicted molar refractivity (Wildman–Crippen MR) is 113 cm³/mol. The van der Waals surface area contributed by atoms with Crippen molar-refractivity contribution >= 4 is 55.3 Å². The Hall–Kier alpha value is -3.23. The van der Waals surface area contributed by atoms with Gasteiger partial charge in [-0.1, -0.05) is 48.0 Å². The van der Waals surface area contributed by atoms with Crippen LogP contribution in [0.2, 0.25) is 5.02 Å². The minimum atomic E-state index is 0.684. The van der Waals surface area contributed by atoms with Crippen molar-refractivity contribution in [2.24, 2.45) is 0 Å². The third kappa shape index (κ3) is 2.08. The third-order valence-corrected chi connectivity index (χ3v) is 5.49. The molecule has 0 bridgehead atoms. The molecule has 27 heavy (non-hydrogen) atoms. The van der Waals surface area contributed by atoms with E-state index in [2.05, 4.69) is 65.2 Å². The van der Waals surface area contributed by atoms with E-state index >= 15 is 0 Å². The number of rotatable bonds is 1. The van der Waals surface area contributed by atoms with Crippen molar-refractivity contribution in [1.29, 1.82) is 0 Å². The second-order valence-electron chi connectivity index (χ2n) is 6.79. The average Bonchev–Trinajstić information content (AvgIpc) is 3.22. The first-order valence-corrected chi connectivity index (χ1v) is 9.28. The first-order chi connectivity index (χ1) is 13.3. The van der Waals surface area contributed by atoms with E-state index in [9.17, 15) is 0 Å². The van der Waals surface area contributed by atoms with Gasteiger partial charge in [-0.2, -0.15) is 0 Å². The van der Waals surface area contributed by atoms with E-state index in [-0.39, 0.29) is 0 Å². The summed E-state index contributed by atoms with van der Waals surface area (Å²) in [6.45, 7) is 0. The largest absolute Gasteiger partial charge is 0.456 e. The average molecular weight is 368 g/mol. The number of furan rings is 1. The van der Waals surface area contributed by atoms with E-state index in [1.54, 1.807) is 0 Å².